The Bertz CT molecular complexity index is 3210. The fourth-order valence-corrected chi connectivity index (χ4v) is 11.0. The van der Waals surface area contributed by atoms with Gasteiger partial charge in [-0.25, -0.2) is 0 Å². The van der Waals surface area contributed by atoms with Crippen LogP contribution in [0, 0.1) is 0 Å². The van der Waals surface area contributed by atoms with Crippen molar-refractivity contribution >= 4 is 55.6 Å². The Balaban J connectivity index is 1.10. The zero-order chi connectivity index (χ0) is 37.0. The summed E-state index contributed by atoms with van der Waals surface area (Å²) in [7, 11) is 0. The molecule has 2 heteroatoms. The summed E-state index contributed by atoms with van der Waals surface area (Å²) in [5, 5.41) is 5.26. The van der Waals surface area contributed by atoms with Gasteiger partial charge < -0.3 is 0 Å². The molecule has 0 saturated heterocycles. The summed E-state index contributed by atoms with van der Waals surface area (Å²) >= 11 is 0.197. The van der Waals surface area contributed by atoms with Crippen LogP contribution in [0.3, 0.4) is 0 Å². The van der Waals surface area contributed by atoms with E-state index in [0.717, 1.165) is 0 Å². The van der Waals surface area contributed by atoms with E-state index >= 15 is 0 Å². The van der Waals surface area contributed by atoms with E-state index in [-0.39, 0.29) is 14.5 Å². The fraction of sp³-hybridized carbons (Fsp3) is 0. The topological polar surface area (TPSA) is 4.93 Å². The van der Waals surface area contributed by atoms with Crippen LogP contribution in [0.25, 0.3) is 102 Å². The van der Waals surface area contributed by atoms with Crippen LogP contribution in [0.2, 0.25) is 0 Å². The number of aromatic nitrogens is 1. The second kappa shape index (κ2) is 13.6. The quantitative estimate of drug-likeness (QED) is 0.148. The molecular formula is C54H35NSe. The molecule has 0 amide bonds. The van der Waals surface area contributed by atoms with Crippen LogP contribution in [-0.4, -0.2) is 19.1 Å². The number of rotatable bonds is 6. The van der Waals surface area contributed by atoms with Gasteiger partial charge in [0.2, 0.25) is 0 Å². The van der Waals surface area contributed by atoms with E-state index < -0.39 is 0 Å². The summed E-state index contributed by atoms with van der Waals surface area (Å²) in [5.41, 5.74) is 16.0. The molecule has 0 fully saturated rings. The number of fused-ring (bicyclic) bond motifs is 6. The van der Waals surface area contributed by atoms with Gasteiger partial charge in [-0.1, -0.05) is 24.3 Å². The zero-order valence-electron chi connectivity index (χ0n) is 30.6. The Kier molecular flexibility index (Phi) is 7.91. The first-order chi connectivity index (χ1) is 27.7. The van der Waals surface area contributed by atoms with E-state index in [1.807, 2.05) is 0 Å². The van der Waals surface area contributed by atoms with Gasteiger partial charge in [-0.3, -0.25) is 0 Å². The molecule has 0 radical (unpaired) electrons. The zero-order valence-corrected chi connectivity index (χ0v) is 32.3. The van der Waals surface area contributed by atoms with Gasteiger partial charge in [0.25, 0.3) is 0 Å². The van der Waals surface area contributed by atoms with Crippen molar-refractivity contribution in [2.45, 2.75) is 0 Å². The van der Waals surface area contributed by atoms with Gasteiger partial charge in [0.15, 0.2) is 0 Å². The number of benzene rings is 9. The van der Waals surface area contributed by atoms with E-state index in [9.17, 15) is 0 Å². The molecule has 0 bridgehead atoms. The van der Waals surface area contributed by atoms with Gasteiger partial charge in [0, 0.05) is 0 Å². The maximum absolute atomic E-state index is 2.42. The standard InChI is InChI=1S/C54H35NSe/c1-4-13-36(14-5-1)38-23-25-39(26-24-38)42-31-43(41-27-29-52-49(34-41)47-19-10-11-22-51(47)55(52)45-17-8-3-9-18-45)33-44(32-42)46-20-12-21-48-50-35-40(37-15-6-2-7-16-37)28-30-53(50)56-54(46)48/h1-35H. The molecule has 0 unspecified atom stereocenters. The van der Waals surface area contributed by atoms with E-state index in [0.29, 0.717) is 0 Å². The first-order valence-corrected chi connectivity index (χ1v) is 20.9. The number of nitrogens with zero attached hydrogens (tertiary/aromatic N) is 1. The third-order valence-corrected chi connectivity index (χ3v) is 13.8. The normalized spacial score (nSPS) is 11.6. The van der Waals surface area contributed by atoms with Crippen molar-refractivity contribution in [1.82, 2.24) is 4.57 Å². The van der Waals surface area contributed by atoms with Crippen LogP contribution >= 0.6 is 0 Å². The molecule has 0 aliphatic heterocycles. The van der Waals surface area contributed by atoms with Gasteiger partial charge in [0.05, 0.1) is 0 Å². The number of hydrogen-bond acceptors (Lipinski definition) is 0. The first-order valence-electron chi connectivity index (χ1n) is 19.2. The van der Waals surface area contributed by atoms with Crippen LogP contribution in [0.4, 0.5) is 0 Å². The van der Waals surface area contributed by atoms with Crippen molar-refractivity contribution in [3.05, 3.63) is 212 Å². The Morgan fingerprint density at radius 2 is 0.786 bits per heavy atom. The van der Waals surface area contributed by atoms with Crippen LogP contribution in [0.1, 0.15) is 0 Å². The number of hydrogen-bond donors (Lipinski definition) is 0. The minimum absolute atomic E-state index is 0.197. The molecule has 262 valence electrons. The summed E-state index contributed by atoms with van der Waals surface area (Å²) < 4.78 is 5.30. The average Bonchev–Trinajstić information content (AvgIpc) is 3.82. The second-order valence-corrected chi connectivity index (χ2v) is 16.7. The second-order valence-electron chi connectivity index (χ2n) is 14.5. The van der Waals surface area contributed by atoms with Crippen molar-refractivity contribution in [2.75, 3.05) is 0 Å². The SMILES string of the molecule is c1ccc(-c2ccc(-c3cc(-c4ccc5c(c4)c4ccccc4n5-c4ccccc4)cc(-c4cccc5c4[se]c4ccc(-c6ccccc6)cc45)c3)cc2)cc1. The summed E-state index contributed by atoms with van der Waals surface area (Å²) in [4.78, 5) is 0. The predicted octanol–water partition coefficient (Wildman–Crippen LogP) is 14.5. The van der Waals surface area contributed by atoms with Crippen LogP contribution in [0.5, 0.6) is 0 Å². The Morgan fingerprint density at radius 3 is 1.54 bits per heavy atom. The molecule has 0 aliphatic rings. The molecule has 0 aliphatic carbocycles. The summed E-state index contributed by atoms with van der Waals surface area (Å²) in [5.74, 6) is 0. The molecule has 0 saturated carbocycles. The van der Waals surface area contributed by atoms with E-state index in [2.05, 4.69) is 217 Å². The Morgan fingerprint density at radius 1 is 0.286 bits per heavy atom. The van der Waals surface area contributed by atoms with Crippen LogP contribution in [0.15, 0.2) is 212 Å². The molecule has 56 heavy (non-hydrogen) atoms. The van der Waals surface area contributed by atoms with Crippen LogP contribution in [-0.2, 0) is 0 Å². The molecule has 11 rings (SSSR count). The van der Waals surface area contributed by atoms with Crippen molar-refractivity contribution in [2.24, 2.45) is 0 Å². The number of para-hydroxylation sites is 2. The van der Waals surface area contributed by atoms with Crippen molar-refractivity contribution in [1.29, 1.82) is 0 Å². The summed E-state index contributed by atoms with van der Waals surface area (Å²) in [6.45, 7) is 0. The maximum atomic E-state index is 2.42. The average molecular weight is 777 g/mol. The molecular weight excluding hydrogens is 742 g/mol. The van der Waals surface area contributed by atoms with E-state index in [1.54, 1.807) is 0 Å². The van der Waals surface area contributed by atoms with Crippen molar-refractivity contribution in [3.63, 3.8) is 0 Å². The van der Waals surface area contributed by atoms with Gasteiger partial charge in [-0.15, -0.1) is 0 Å². The van der Waals surface area contributed by atoms with Gasteiger partial charge in [-0.2, -0.15) is 0 Å². The predicted molar refractivity (Wildman–Crippen MR) is 240 cm³/mol. The molecule has 0 spiro atoms. The van der Waals surface area contributed by atoms with Crippen LogP contribution < -0.4 is 0 Å². The fourth-order valence-electron chi connectivity index (χ4n) is 8.45. The van der Waals surface area contributed by atoms with Gasteiger partial charge in [-0.05, 0) is 0 Å². The minimum atomic E-state index is 0.197. The van der Waals surface area contributed by atoms with Gasteiger partial charge >= 0.3 is 310 Å². The van der Waals surface area contributed by atoms with Gasteiger partial charge in [0.1, 0.15) is 0 Å². The van der Waals surface area contributed by atoms with Crippen molar-refractivity contribution < 1.29 is 0 Å². The molecule has 2 heterocycles. The first kappa shape index (κ1) is 32.7. The molecule has 0 atom stereocenters. The molecule has 11 aromatic rings. The Hall–Kier alpha value is -6.70. The van der Waals surface area contributed by atoms with E-state index in [4.69, 9.17) is 0 Å². The summed E-state index contributed by atoms with van der Waals surface area (Å²) in [6.07, 6.45) is 0. The molecule has 2 aromatic heterocycles. The molecule has 9 aromatic carbocycles. The Labute approximate surface area is 332 Å². The third-order valence-electron chi connectivity index (χ3n) is 11.2. The third kappa shape index (κ3) is 5.62. The molecule has 1 nitrogen and oxygen atoms in total. The molecule has 0 N–H and O–H groups in total. The monoisotopic (exact) mass is 777 g/mol. The van der Waals surface area contributed by atoms with Crippen molar-refractivity contribution in [3.8, 4) is 61.3 Å². The van der Waals surface area contributed by atoms with E-state index in [1.165, 1.54) is 102 Å². The summed E-state index contributed by atoms with van der Waals surface area (Å²) in [6, 6.07) is 78.1.